The van der Waals surface area contributed by atoms with Gasteiger partial charge in [0.25, 0.3) is 0 Å². The largest absolute Gasteiger partial charge is 0.338 e. The minimum Gasteiger partial charge on any atom is -0.338 e. The first kappa shape index (κ1) is 11.6. The van der Waals surface area contributed by atoms with Crippen molar-refractivity contribution < 1.29 is 0 Å². The average Bonchev–Trinajstić information content (AvgIpc) is 2.88. The molecule has 0 amide bonds. The minimum atomic E-state index is 0.712. The number of imidazole rings is 1. The third-order valence-electron chi connectivity index (χ3n) is 3.02. The predicted octanol–water partition coefficient (Wildman–Crippen LogP) is 2.97. The summed E-state index contributed by atoms with van der Waals surface area (Å²) in [6.45, 7) is 4.01. The molecule has 0 aliphatic rings. The van der Waals surface area contributed by atoms with Crippen molar-refractivity contribution in [1.29, 1.82) is 0 Å². The maximum atomic E-state index is 4.41. The first-order valence-corrected chi connectivity index (χ1v) is 6.30. The van der Waals surface area contributed by atoms with Crippen LogP contribution in [0.25, 0.3) is 11.2 Å². The summed E-state index contributed by atoms with van der Waals surface area (Å²) in [5.74, 6) is 1.44. The van der Waals surface area contributed by atoms with Gasteiger partial charge < -0.3 is 10.3 Å². The second kappa shape index (κ2) is 4.68. The Morgan fingerprint density at radius 2 is 1.95 bits per heavy atom. The number of aromatic nitrogens is 4. The maximum absolute atomic E-state index is 4.41. The van der Waals surface area contributed by atoms with Gasteiger partial charge in [-0.2, -0.15) is 0 Å². The van der Waals surface area contributed by atoms with Crippen LogP contribution in [0.2, 0.25) is 0 Å². The molecule has 5 heteroatoms. The van der Waals surface area contributed by atoms with E-state index in [2.05, 4.69) is 56.4 Å². The van der Waals surface area contributed by atoms with Crippen LogP contribution >= 0.6 is 0 Å². The molecule has 3 aromatic rings. The van der Waals surface area contributed by atoms with E-state index in [4.69, 9.17) is 0 Å². The molecule has 0 spiro atoms. The normalized spacial score (nSPS) is 10.8. The average molecular weight is 253 g/mol. The Bertz CT molecular complexity index is 699. The molecular weight excluding hydrogens is 238 g/mol. The van der Waals surface area contributed by atoms with Gasteiger partial charge in [-0.15, -0.1) is 0 Å². The van der Waals surface area contributed by atoms with Gasteiger partial charge in [-0.05, 0) is 31.0 Å². The highest BCUT2D eigenvalue weighted by molar-refractivity contribution is 5.84. The molecule has 0 saturated heterocycles. The number of hydrogen-bond donors (Lipinski definition) is 2. The fraction of sp³-hybridized carbons (Fsp3) is 0.214. The van der Waals surface area contributed by atoms with E-state index in [1.54, 1.807) is 6.33 Å². The molecule has 0 bridgehead atoms. The van der Waals surface area contributed by atoms with E-state index in [0.29, 0.717) is 5.82 Å². The third kappa shape index (κ3) is 2.27. The van der Waals surface area contributed by atoms with Gasteiger partial charge in [0.1, 0.15) is 5.82 Å². The van der Waals surface area contributed by atoms with Crippen LogP contribution in [-0.4, -0.2) is 19.9 Å². The SMILES string of the molecule is CCc1ccc(Nc2nc(C)nc3[nH]cnc23)cc1. The molecule has 0 aliphatic heterocycles. The van der Waals surface area contributed by atoms with Gasteiger partial charge in [0.2, 0.25) is 0 Å². The van der Waals surface area contributed by atoms with Crippen LogP contribution in [0.15, 0.2) is 30.6 Å². The van der Waals surface area contributed by atoms with Crippen molar-refractivity contribution in [3.63, 3.8) is 0 Å². The lowest BCUT2D eigenvalue weighted by Crippen LogP contribution is -1.98. The van der Waals surface area contributed by atoms with Crippen LogP contribution in [0.4, 0.5) is 11.5 Å². The summed E-state index contributed by atoms with van der Waals surface area (Å²) in [7, 11) is 0. The number of rotatable bonds is 3. The molecule has 1 aromatic carbocycles. The Kier molecular flexibility index (Phi) is 2.87. The molecule has 2 aromatic heterocycles. The Labute approximate surface area is 111 Å². The van der Waals surface area contributed by atoms with Gasteiger partial charge in [-0.3, -0.25) is 0 Å². The third-order valence-corrected chi connectivity index (χ3v) is 3.02. The van der Waals surface area contributed by atoms with E-state index >= 15 is 0 Å². The molecule has 0 atom stereocenters. The summed E-state index contributed by atoms with van der Waals surface area (Å²) in [5.41, 5.74) is 3.82. The van der Waals surface area contributed by atoms with E-state index in [-0.39, 0.29) is 0 Å². The van der Waals surface area contributed by atoms with Crippen molar-refractivity contribution in [2.45, 2.75) is 20.3 Å². The number of fused-ring (bicyclic) bond motifs is 1. The Hall–Kier alpha value is -2.43. The lowest BCUT2D eigenvalue weighted by Gasteiger charge is -2.07. The second-order valence-electron chi connectivity index (χ2n) is 4.39. The number of H-pyrrole nitrogens is 1. The molecule has 0 saturated carbocycles. The molecule has 5 nitrogen and oxygen atoms in total. The maximum Gasteiger partial charge on any atom is 0.163 e. The van der Waals surface area contributed by atoms with E-state index in [1.165, 1.54) is 5.56 Å². The molecule has 0 fully saturated rings. The first-order chi connectivity index (χ1) is 9.26. The van der Waals surface area contributed by atoms with Crippen LogP contribution < -0.4 is 5.32 Å². The number of anilines is 2. The summed E-state index contributed by atoms with van der Waals surface area (Å²) < 4.78 is 0. The fourth-order valence-corrected chi connectivity index (χ4v) is 2.00. The van der Waals surface area contributed by atoms with E-state index < -0.39 is 0 Å². The molecule has 19 heavy (non-hydrogen) atoms. The lowest BCUT2D eigenvalue weighted by molar-refractivity contribution is 1.08. The summed E-state index contributed by atoms with van der Waals surface area (Å²) in [6, 6.07) is 8.32. The fourth-order valence-electron chi connectivity index (χ4n) is 2.00. The zero-order valence-corrected chi connectivity index (χ0v) is 10.9. The van der Waals surface area contributed by atoms with Gasteiger partial charge in [-0.25, -0.2) is 15.0 Å². The van der Waals surface area contributed by atoms with Crippen LogP contribution in [-0.2, 0) is 6.42 Å². The van der Waals surface area contributed by atoms with Crippen LogP contribution in [0.3, 0.4) is 0 Å². The van der Waals surface area contributed by atoms with E-state index in [1.807, 2.05) is 6.92 Å². The predicted molar refractivity (Wildman–Crippen MR) is 75.5 cm³/mol. The monoisotopic (exact) mass is 253 g/mol. The van der Waals surface area contributed by atoms with E-state index in [9.17, 15) is 0 Å². The summed E-state index contributed by atoms with van der Waals surface area (Å²) in [4.78, 5) is 16.0. The van der Waals surface area contributed by atoms with Gasteiger partial charge in [0.15, 0.2) is 17.0 Å². The highest BCUT2D eigenvalue weighted by Crippen LogP contribution is 2.21. The molecule has 2 N–H and O–H groups in total. The van der Waals surface area contributed by atoms with Gasteiger partial charge in [-0.1, -0.05) is 19.1 Å². The van der Waals surface area contributed by atoms with Crippen molar-refractivity contribution in [1.82, 2.24) is 19.9 Å². The number of benzene rings is 1. The lowest BCUT2D eigenvalue weighted by atomic mass is 10.1. The quantitative estimate of drug-likeness (QED) is 0.753. The molecule has 0 radical (unpaired) electrons. The van der Waals surface area contributed by atoms with Crippen molar-refractivity contribution in [3.8, 4) is 0 Å². The summed E-state index contributed by atoms with van der Waals surface area (Å²) >= 11 is 0. The van der Waals surface area contributed by atoms with Crippen LogP contribution in [0, 0.1) is 6.92 Å². The standard InChI is InChI=1S/C14H15N5/c1-3-10-4-6-11(7-5-10)19-14-12-13(16-8-15-12)17-9(2)18-14/h4-8H,3H2,1-2H3,(H2,15,16,17,18,19). The number of nitrogens with zero attached hydrogens (tertiary/aromatic N) is 3. The Morgan fingerprint density at radius 3 is 2.68 bits per heavy atom. The van der Waals surface area contributed by atoms with Crippen molar-refractivity contribution >= 4 is 22.7 Å². The molecule has 96 valence electrons. The van der Waals surface area contributed by atoms with Crippen LogP contribution in [0.1, 0.15) is 18.3 Å². The zero-order valence-electron chi connectivity index (χ0n) is 10.9. The number of aromatic amines is 1. The molecular formula is C14H15N5. The topological polar surface area (TPSA) is 66.5 Å². The van der Waals surface area contributed by atoms with Crippen molar-refractivity contribution in [2.75, 3.05) is 5.32 Å². The highest BCUT2D eigenvalue weighted by Gasteiger charge is 2.08. The van der Waals surface area contributed by atoms with Crippen molar-refractivity contribution in [3.05, 3.63) is 42.0 Å². The van der Waals surface area contributed by atoms with Crippen LogP contribution in [0.5, 0.6) is 0 Å². The molecule has 0 unspecified atom stereocenters. The Morgan fingerprint density at radius 1 is 1.16 bits per heavy atom. The summed E-state index contributed by atoms with van der Waals surface area (Å²) in [6.07, 6.45) is 2.67. The zero-order chi connectivity index (χ0) is 13.2. The van der Waals surface area contributed by atoms with Gasteiger partial charge in [0.05, 0.1) is 6.33 Å². The van der Waals surface area contributed by atoms with Gasteiger partial charge in [0, 0.05) is 5.69 Å². The molecule has 2 heterocycles. The summed E-state index contributed by atoms with van der Waals surface area (Å²) in [5, 5.41) is 3.29. The van der Waals surface area contributed by atoms with E-state index in [0.717, 1.165) is 29.1 Å². The second-order valence-corrected chi connectivity index (χ2v) is 4.39. The Balaban J connectivity index is 1.97. The first-order valence-electron chi connectivity index (χ1n) is 6.30. The molecule has 0 aliphatic carbocycles. The number of hydrogen-bond acceptors (Lipinski definition) is 4. The number of nitrogens with one attached hydrogen (secondary N) is 2. The van der Waals surface area contributed by atoms with Gasteiger partial charge >= 0.3 is 0 Å². The highest BCUT2D eigenvalue weighted by atomic mass is 15.1. The molecule has 3 rings (SSSR count). The smallest absolute Gasteiger partial charge is 0.163 e. The minimum absolute atomic E-state index is 0.712. The number of aryl methyl sites for hydroxylation is 2. The van der Waals surface area contributed by atoms with Crippen molar-refractivity contribution in [2.24, 2.45) is 0 Å².